The topological polar surface area (TPSA) is 88.0 Å². The van der Waals surface area contributed by atoms with Crippen molar-refractivity contribution in [1.29, 1.82) is 0 Å². The van der Waals surface area contributed by atoms with Gasteiger partial charge in [-0.3, -0.25) is 14.5 Å². The number of likely N-dealkylation sites (N-methyl/N-ethyl adjacent to an activating group) is 1. The maximum atomic E-state index is 12.9. The first-order valence-electron chi connectivity index (χ1n) is 9.93. The minimum atomic E-state index is -4.43. The summed E-state index contributed by atoms with van der Waals surface area (Å²) in [5, 5.41) is 10.4. The van der Waals surface area contributed by atoms with E-state index in [-0.39, 0.29) is 32.0 Å². The van der Waals surface area contributed by atoms with Gasteiger partial charge in [-0.2, -0.15) is 31.8 Å². The summed E-state index contributed by atoms with van der Waals surface area (Å²) in [4.78, 5) is 22.1. The summed E-state index contributed by atoms with van der Waals surface area (Å²) in [6.45, 7) is 4.26. The zero-order valence-corrected chi connectivity index (χ0v) is 19.2. The van der Waals surface area contributed by atoms with Gasteiger partial charge in [-0.25, -0.2) is 4.98 Å². The van der Waals surface area contributed by atoms with Gasteiger partial charge in [-0.1, -0.05) is 0 Å². The Morgan fingerprint density at radius 1 is 1.18 bits per heavy atom. The lowest BCUT2D eigenvalue weighted by Gasteiger charge is -2.34. The molecular formula is C21H24F3N7OS. The number of halogens is 3. The highest BCUT2D eigenvalue weighted by atomic mass is 32.1. The van der Waals surface area contributed by atoms with Crippen molar-refractivity contribution in [3.8, 4) is 0 Å². The molecule has 0 unspecified atom stereocenters. The summed E-state index contributed by atoms with van der Waals surface area (Å²) in [5.41, 5.74) is 2.74. The summed E-state index contributed by atoms with van der Waals surface area (Å²) < 4.78 is 40.2. The van der Waals surface area contributed by atoms with Gasteiger partial charge in [0.25, 0.3) is 0 Å². The van der Waals surface area contributed by atoms with Crippen molar-refractivity contribution in [2.75, 3.05) is 22.6 Å². The van der Waals surface area contributed by atoms with E-state index in [1.165, 1.54) is 6.20 Å². The SMILES string of the molecule is Cc1nc(NCc2cnn(Cc3cncc(C(F)(F)F)c3)c2)cc2c1NC(=O)[C@H](C)N2C.S. The number of fused-ring (bicyclic) bond motifs is 1. The van der Waals surface area contributed by atoms with Gasteiger partial charge in [-0.05, 0) is 25.5 Å². The van der Waals surface area contributed by atoms with Crippen LogP contribution in [0, 0.1) is 6.92 Å². The van der Waals surface area contributed by atoms with Crippen LogP contribution in [0.25, 0.3) is 0 Å². The third kappa shape index (κ3) is 5.21. The van der Waals surface area contributed by atoms with E-state index in [1.807, 2.05) is 31.9 Å². The van der Waals surface area contributed by atoms with E-state index >= 15 is 0 Å². The van der Waals surface area contributed by atoms with Gasteiger partial charge in [0, 0.05) is 43.8 Å². The number of alkyl halides is 3. The van der Waals surface area contributed by atoms with Crippen LogP contribution in [-0.2, 0) is 24.1 Å². The molecule has 4 heterocycles. The molecule has 0 radical (unpaired) electrons. The lowest BCUT2D eigenvalue weighted by molar-refractivity contribution is -0.137. The predicted octanol–water partition coefficient (Wildman–Crippen LogP) is 3.55. The zero-order valence-electron chi connectivity index (χ0n) is 18.2. The summed E-state index contributed by atoms with van der Waals surface area (Å²) in [6.07, 6.45) is 1.17. The largest absolute Gasteiger partial charge is 0.417 e. The van der Waals surface area contributed by atoms with Crippen LogP contribution >= 0.6 is 13.5 Å². The Morgan fingerprint density at radius 2 is 1.94 bits per heavy atom. The molecule has 3 aromatic rings. The van der Waals surface area contributed by atoms with E-state index in [2.05, 4.69) is 25.7 Å². The van der Waals surface area contributed by atoms with Gasteiger partial charge < -0.3 is 15.5 Å². The number of hydrogen-bond donors (Lipinski definition) is 2. The van der Waals surface area contributed by atoms with Crippen LogP contribution in [0.1, 0.15) is 29.3 Å². The van der Waals surface area contributed by atoms with Gasteiger partial charge in [0.15, 0.2) is 0 Å². The van der Waals surface area contributed by atoms with Crippen molar-refractivity contribution in [2.24, 2.45) is 0 Å². The zero-order chi connectivity index (χ0) is 23.0. The van der Waals surface area contributed by atoms with E-state index in [0.29, 0.717) is 29.3 Å². The number of amides is 1. The summed E-state index contributed by atoms with van der Waals surface area (Å²) in [7, 11) is 1.86. The minimum Gasteiger partial charge on any atom is -0.366 e. The maximum absolute atomic E-state index is 12.9. The molecule has 0 spiro atoms. The van der Waals surface area contributed by atoms with Gasteiger partial charge in [-0.15, -0.1) is 0 Å². The minimum absolute atomic E-state index is 0. The molecule has 0 aromatic carbocycles. The summed E-state index contributed by atoms with van der Waals surface area (Å²) in [6, 6.07) is 2.65. The highest BCUT2D eigenvalue weighted by Gasteiger charge is 2.31. The third-order valence-corrected chi connectivity index (χ3v) is 5.40. The van der Waals surface area contributed by atoms with Crippen molar-refractivity contribution < 1.29 is 18.0 Å². The van der Waals surface area contributed by atoms with E-state index in [1.54, 1.807) is 17.1 Å². The molecule has 1 atom stereocenters. The van der Waals surface area contributed by atoms with Crippen LogP contribution in [-0.4, -0.2) is 38.7 Å². The first-order chi connectivity index (χ1) is 15.1. The monoisotopic (exact) mass is 479 g/mol. The molecule has 12 heteroatoms. The summed E-state index contributed by atoms with van der Waals surface area (Å²) in [5.74, 6) is 0.570. The van der Waals surface area contributed by atoms with E-state index < -0.39 is 11.7 Å². The fourth-order valence-electron chi connectivity index (χ4n) is 3.48. The quantitative estimate of drug-likeness (QED) is 0.582. The molecule has 176 valence electrons. The highest BCUT2D eigenvalue weighted by molar-refractivity contribution is 7.59. The first kappa shape index (κ1) is 24.4. The fraction of sp³-hybridized carbons (Fsp3) is 0.333. The molecule has 2 N–H and O–H groups in total. The second-order valence-electron chi connectivity index (χ2n) is 7.74. The number of anilines is 3. The van der Waals surface area contributed by atoms with Crippen LogP contribution in [0.5, 0.6) is 0 Å². The number of nitrogens with zero attached hydrogens (tertiary/aromatic N) is 5. The Labute approximate surface area is 195 Å². The van der Waals surface area contributed by atoms with Crippen LogP contribution in [0.3, 0.4) is 0 Å². The lowest BCUT2D eigenvalue weighted by atomic mass is 10.1. The lowest BCUT2D eigenvalue weighted by Crippen LogP contribution is -2.44. The van der Waals surface area contributed by atoms with Crippen LogP contribution in [0.15, 0.2) is 36.9 Å². The Morgan fingerprint density at radius 3 is 2.67 bits per heavy atom. The number of nitrogens with one attached hydrogen (secondary N) is 2. The molecule has 0 aliphatic carbocycles. The normalized spacial score (nSPS) is 15.5. The average Bonchev–Trinajstić information content (AvgIpc) is 3.18. The highest BCUT2D eigenvalue weighted by Crippen LogP contribution is 2.35. The molecule has 0 saturated heterocycles. The molecule has 3 aromatic heterocycles. The van der Waals surface area contributed by atoms with E-state index in [9.17, 15) is 18.0 Å². The van der Waals surface area contributed by atoms with Crippen molar-refractivity contribution in [3.63, 3.8) is 0 Å². The molecule has 33 heavy (non-hydrogen) atoms. The van der Waals surface area contributed by atoms with Crippen LogP contribution in [0.4, 0.5) is 30.4 Å². The maximum Gasteiger partial charge on any atom is 0.417 e. The molecule has 0 saturated carbocycles. The molecule has 8 nitrogen and oxygen atoms in total. The smallest absolute Gasteiger partial charge is 0.366 e. The van der Waals surface area contributed by atoms with Crippen LogP contribution in [0.2, 0.25) is 0 Å². The van der Waals surface area contributed by atoms with E-state index in [4.69, 9.17) is 0 Å². The molecule has 0 fully saturated rings. The van der Waals surface area contributed by atoms with Crippen molar-refractivity contribution in [2.45, 2.75) is 39.2 Å². The third-order valence-electron chi connectivity index (χ3n) is 5.40. The number of hydrogen-bond acceptors (Lipinski definition) is 6. The number of aromatic nitrogens is 4. The average molecular weight is 480 g/mol. The number of pyridine rings is 2. The second kappa shape index (κ2) is 9.30. The number of carbonyl (C=O) groups is 1. The fourth-order valence-corrected chi connectivity index (χ4v) is 3.48. The number of rotatable bonds is 5. The Hall–Kier alpha value is -3.28. The van der Waals surface area contributed by atoms with Gasteiger partial charge in [0.2, 0.25) is 5.91 Å². The molecule has 1 aliphatic heterocycles. The number of carbonyl (C=O) groups excluding carboxylic acids is 1. The number of aryl methyl sites for hydroxylation is 1. The van der Waals surface area contributed by atoms with Gasteiger partial charge in [0.1, 0.15) is 11.9 Å². The van der Waals surface area contributed by atoms with Crippen molar-refractivity contribution in [3.05, 3.63) is 59.3 Å². The Bertz CT molecular complexity index is 1170. The molecule has 1 amide bonds. The van der Waals surface area contributed by atoms with E-state index in [0.717, 1.165) is 23.5 Å². The van der Waals surface area contributed by atoms with Crippen molar-refractivity contribution in [1.82, 2.24) is 19.7 Å². The molecule has 0 bridgehead atoms. The molecular weight excluding hydrogens is 455 g/mol. The molecule has 4 rings (SSSR count). The van der Waals surface area contributed by atoms with Crippen LogP contribution < -0.4 is 15.5 Å². The first-order valence-corrected chi connectivity index (χ1v) is 9.93. The molecule has 1 aliphatic rings. The van der Waals surface area contributed by atoms with Gasteiger partial charge >= 0.3 is 6.18 Å². The summed E-state index contributed by atoms with van der Waals surface area (Å²) >= 11 is 0. The Balaban J connectivity index is 0.00000306. The van der Waals surface area contributed by atoms with Crippen molar-refractivity contribution >= 4 is 36.6 Å². The van der Waals surface area contributed by atoms with Gasteiger partial charge in [0.05, 0.1) is 35.4 Å². The standard InChI is InChI=1S/C21H22F3N7O.H2S/c1-12-19-17(30(3)13(2)20(32)29-19)5-18(28-12)26-7-15-8-27-31(11-15)10-14-4-16(9-25-6-14)21(22,23)24;/h4-6,8-9,11,13H,7,10H2,1-3H3,(H,26,28)(H,29,32);1H2/t13-;/m0./s1. The Kier molecular flexibility index (Phi) is 6.86. The predicted molar refractivity (Wildman–Crippen MR) is 124 cm³/mol. The second-order valence-corrected chi connectivity index (χ2v) is 7.74.